The van der Waals surface area contributed by atoms with E-state index in [0.29, 0.717) is 12.5 Å². The van der Waals surface area contributed by atoms with Crippen LogP contribution in [0, 0.1) is 5.92 Å². The Morgan fingerprint density at radius 1 is 1.38 bits per heavy atom. The van der Waals surface area contributed by atoms with E-state index in [1.54, 1.807) is 0 Å². The average Bonchev–Trinajstić information content (AvgIpc) is 3.11. The molecule has 0 aromatic carbocycles. The van der Waals surface area contributed by atoms with Gasteiger partial charge in [0.2, 0.25) is 0 Å². The monoisotopic (exact) mass is 306 g/mol. The lowest BCUT2D eigenvalue weighted by molar-refractivity contribution is 0.258. The molecule has 1 aliphatic carbocycles. The Morgan fingerprint density at radius 3 is 2.62 bits per heavy atom. The molecular weight excluding hydrogens is 276 g/mol. The van der Waals surface area contributed by atoms with Gasteiger partial charge in [-0.1, -0.05) is 26.8 Å². The van der Waals surface area contributed by atoms with E-state index in [2.05, 4.69) is 51.0 Å². The Morgan fingerprint density at radius 2 is 2.10 bits per heavy atom. The van der Waals surface area contributed by atoms with Crippen molar-refractivity contribution in [3.8, 4) is 0 Å². The van der Waals surface area contributed by atoms with Crippen LogP contribution in [0.4, 0.5) is 0 Å². The quantitative estimate of drug-likeness (QED) is 0.815. The smallest absolute Gasteiger partial charge is 0.191 e. The van der Waals surface area contributed by atoms with Gasteiger partial charge in [0, 0.05) is 23.9 Å². The molecule has 1 fully saturated rings. The van der Waals surface area contributed by atoms with Crippen LogP contribution in [0.2, 0.25) is 18.1 Å². The Kier molecular flexibility index (Phi) is 4.62. The SMILES string of the molecule is CC(C)(C)[Si](C)(C)OC[C@H]1C[C@]1(CCN)c1ccccn1. The van der Waals surface area contributed by atoms with Crippen molar-refractivity contribution in [1.82, 2.24) is 4.98 Å². The number of aromatic nitrogens is 1. The van der Waals surface area contributed by atoms with E-state index < -0.39 is 8.32 Å². The van der Waals surface area contributed by atoms with Crippen molar-refractivity contribution in [2.24, 2.45) is 11.7 Å². The normalized spacial score (nSPS) is 25.9. The van der Waals surface area contributed by atoms with Crippen molar-refractivity contribution in [1.29, 1.82) is 0 Å². The molecule has 0 unspecified atom stereocenters. The zero-order valence-corrected chi connectivity index (χ0v) is 15.1. The highest BCUT2D eigenvalue weighted by atomic mass is 28.4. The van der Waals surface area contributed by atoms with Crippen LogP contribution in [0.5, 0.6) is 0 Å². The fraction of sp³-hybridized carbons (Fsp3) is 0.706. The van der Waals surface area contributed by atoms with E-state index in [4.69, 9.17) is 10.2 Å². The molecule has 2 rings (SSSR count). The summed E-state index contributed by atoms with van der Waals surface area (Å²) in [5, 5.41) is 0.267. The molecule has 1 aromatic heterocycles. The molecule has 118 valence electrons. The molecule has 1 aromatic rings. The van der Waals surface area contributed by atoms with Gasteiger partial charge in [0.15, 0.2) is 8.32 Å². The summed E-state index contributed by atoms with van der Waals surface area (Å²) in [5.41, 5.74) is 7.20. The molecule has 0 saturated heterocycles. The topological polar surface area (TPSA) is 48.1 Å². The van der Waals surface area contributed by atoms with Gasteiger partial charge in [-0.2, -0.15) is 0 Å². The second-order valence-corrected chi connectivity index (χ2v) is 12.7. The van der Waals surface area contributed by atoms with E-state index >= 15 is 0 Å². The standard InChI is InChI=1S/C17H30N2OSi/c1-16(2,3)21(4,5)20-13-14-12-17(14,9-10-18)15-8-6-7-11-19-15/h6-8,11,14H,9-10,12-13,18H2,1-5H3/t14-,17+/m1/s1. The molecular formula is C17H30N2OSi. The molecule has 2 atom stereocenters. The zero-order valence-electron chi connectivity index (χ0n) is 14.1. The van der Waals surface area contributed by atoms with Crippen LogP contribution in [-0.2, 0) is 9.84 Å². The molecule has 1 heterocycles. The first kappa shape index (κ1) is 16.7. The minimum atomic E-state index is -1.67. The van der Waals surface area contributed by atoms with Crippen LogP contribution in [-0.4, -0.2) is 26.5 Å². The highest BCUT2D eigenvalue weighted by molar-refractivity contribution is 6.74. The molecule has 1 saturated carbocycles. The van der Waals surface area contributed by atoms with E-state index in [1.165, 1.54) is 5.69 Å². The summed E-state index contributed by atoms with van der Waals surface area (Å²) in [4.78, 5) is 4.58. The lowest BCUT2D eigenvalue weighted by Gasteiger charge is -2.36. The zero-order chi connectivity index (χ0) is 15.7. The van der Waals surface area contributed by atoms with Gasteiger partial charge in [0.25, 0.3) is 0 Å². The van der Waals surface area contributed by atoms with Gasteiger partial charge in [0.1, 0.15) is 0 Å². The van der Waals surface area contributed by atoms with Crippen LogP contribution in [0.1, 0.15) is 39.3 Å². The number of nitrogens with two attached hydrogens (primary N) is 1. The van der Waals surface area contributed by atoms with Crippen molar-refractivity contribution in [3.05, 3.63) is 30.1 Å². The number of hydrogen-bond acceptors (Lipinski definition) is 3. The summed E-state index contributed by atoms with van der Waals surface area (Å²) in [6.45, 7) is 13.1. The highest BCUT2D eigenvalue weighted by Crippen LogP contribution is 2.56. The lowest BCUT2D eigenvalue weighted by atomic mass is 9.94. The first-order chi connectivity index (χ1) is 9.73. The summed E-state index contributed by atoms with van der Waals surface area (Å²) in [6, 6.07) is 6.19. The van der Waals surface area contributed by atoms with Crippen molar-refractivity contribution >= 4 is 8.32 Å². The Labute approximate surface area is 130 Å². The van der Waals surface area contributed by atoms with E-state index in [9.17, 15) is 0 Å². The van der Waals surface area contributed by atoms with Gasteiger partial charge in [-0.25, -0.2) is 0 Å². The maximum atomic E-state index is 6.41. The summed E-state index contributed by atoms with van der Waals surface area (Å²) in [7, 11) is -1.67. The van der Waals surface area contributed by atoms with Crippen LogP contribution >= 0.6 is 0 Å². The summed E-state index contributed by atoms with van der Waals surface area (Å²) < 4.78 is 6.41. The van der Waals surface area contributed by atoms with E-state index in [1.807, 2.05) is 12.3 Å². The summed E-state index contributed by atoms with van der Waals surface area (Å²) in [5.74, 6) is 0.574. The molecule has 1 aliphatic rings. The maximum Gasteiger partial charge on any atom is 0.191 e. The minimum absolute atomic E-state index is 0.165. The third-order valence-corrected chi connectivity index (χ3v) is 9.95. The second kappa shape index (κ2) is 5.82. The van der Waals surface area contributed by atoms with E-state index in [0.717, 1.165) is 19.4 Å². The van der Waals surface area contributed by atoms with Crippen molar-refractivity contribution in [2.75, 3.05) is 13.2 Å². The fourth-order valence-corrected chi connectivity index (χ4v) is 3.84. The van der Waals surface area contributed by atoms with Gasteiger partial charge in [-0.05, 0) is 55.6 Å². The molecule has 4 heteroatoms. The molecule has 0 amide bonds. The van der Waals surface area contributed by atoms with Crippen LogP contribution < -0.4 is 5.73 Å². The fourth-order valence-electron chi connectivity index (χ4n) is 2.79. The van der Waals surface area contributed by atoms with Gasteiger partial charge in [0.05, 0.1) is 0 Å². The van der Waals surface area contributed by atoms with Crippen LogP contribution in [0.3, 0.4) is 0 Å². The predicted molar refractivity (Wildman–Crippen MR) is 90.8 cm³/mol. The minimum Gasteiger partial charge on any atom is -0.417 e. The first-order valence-corrected chi connectivity index (χ1v) is 10.9. The number of pyridine rings is 1. The van der Waals surface area contributed by atoms with Crippen LogP contribution in [0.15, 0.2) is 24.4 Å². The van der Waals surface area contributed by atoms with Gasteiger partial charge < -0.3 is 10.2 Å². The Hall–Kier alpha value is -0.713. The number of hydrogen-bond donors (Lipinski definition) is 1. The summed E-state index contributed by atoms with van der Waals surface area (Å²) >= 11 is 0. The lowest BCUT2D eigenvalue weighted by Crippen LogP contribution is -2.41. The molecule has 0 radical (unpaired) electrons. The molecule has 0 spiro atoms. The molecule has 21 heavy (non-hydrogen) atoms. The third-order valence-electron chi connectivity index (χ3n) is 5.45. The number of nitrogens with zero attached hydrogens (tertiary/aromatic N) is 1. The second-order valence-electron chi connectivity index (χ2n) is 7.88. The Bertz CT molecular complexity index is 469. The van der Waals surface area contributed by atoms with Crippen molar-refractivity contribution < 1.29 is 4.43 Å². The largest absolute Gasteiger partial charge is 0.417 e. The van der Waals surface area contributed by atoms with Crippen LogP contribution in [0.25, 0.3) is 0 Å². The van der Waals surface area contributed by atoms with Crippen molar-refractivity contribution in [2.45, 2.75) is 57.2 Å². The average molecular weight is 307 g/mol. The first-order valence-electron chi connectivity index (χ1n) is 7.98. The summed E-state index contributed by atoms with van der Waals surface area (Å²) in [6.07, 6.45) is 4.06. The molecule has 3 nitrogen and oxygen atoms in total. The highest BCUT2D eigenvalue weighted by Gasteiger charge is 2.56. The van der Waals surface area contributed by atoms with E-state index in [-0.39, 0.29) is 10.5 Å². The maximum absolute atomic E-state index is 6.41. The number of rotatable bonds is 6. The van der Waals surface area contributed by atoms with Gasteiger partial charge >= 0.3 is 0 Å². The Balaban J connectivity index is 2.04. The van der Waals surface area contributed by atoms with Crippen molar-refractivity contribution in [3.63, 3.8) is 0 Å². The van der Waals surface area contributed by atoms with Gasteiger partial charge in [-0.3, -0.25) is 4.98 Å². The third kappa shape index (κ3) is 3.38. The molecule has 2 N–H and O–H groups in total. The predicted octanol–water partition coefficient (Wildman–Crippen LogP) is 3.71. The van der Waals surface area contributed by atoms with Gasteiger partial charge in [-0.15, -0.1) is 0 Å². The molecule has 0 aliphatic heterocycles. The molecule has 0 bridgehead atoms.